The molecule has 2 unspecified atom stereocenters. The fourth-order valence-electron chi connectivity index (χ4n) is 3.75. The van der Waals surface area contributed by atoms with E-state index in [9.17, 15) is 0 Å². The fraction of sp³-hybridized carbons (Fsp3) is 0.667. The van der Waals surface area contributed by atoms with Crippen molar-refractivity contribution >= 4 is 15.9 Å². The molecule has 20 heavy (non-hydrogen) atoms. The smallest absolute Gasteiger partial charge is 0.0175 e. The van der Waals surface area contributed by atoms with Gasteiger partial charge in [-0.15, -0.1) is 0 Å². The number of hydrogen-bond donors (Lipinski definition) is 1. The molecule has 110 valence electrons. The van der Waals surface area contributed by atoms with Crippen LogP contribution >= 0.6 is 15.9 Å². The summed E-state index contributed by atoms with van der Waals surface area (Å²) >= 11 is 3.51. The summed E-state index contributed by atoms with van der Waals surface area (Å²) in [6, 6.07) is 10.4. The average molecular weight is 336 g/mol. The van der Waals surface area contributed by atoms with Gasteiger partial charge in [-0.25, -0.2) is 0 Å². The molecule has 0 aromatic heterocycles. The lowest BCUT2D eigenvalue weighted by atomic mass is 9.75. The van der Waals surface area contributed by atoms with Gasteiger partial charge < -0.3 is 5.32 Å². The van der Waals surface area contributed by atoms with Crippen LogP contribution < -0.4 is 5.32 Å². The average Bonchev–Trinajstić information content (AvgIpc) is 2.60. The Balaban J connectivity index is 1.45. The largest absolute Gasteiger partial charge is 0.311 e. The van der Waals surface area contributed by atoms with Crippen molar-refractivity contribution in [1.82, 2.24) is 5.32 Å². The van der Waals surface area contributed by atoms with Gasteiger partial charge in [0.2, 0.25) is 0 Å². The summed E-state index contributed by atoms with van der Waals surface area (Å²) in [5, 5.41) is 3.92. The Bertz CT molecular complexity index is 422. The molecule has 2 heteroatoms. The van der Waals surface area contributed by atoms with Crippen molar-refractivity contribution in [3.8, 4) is 0 Å². The van der Waals surface area contributed by atoms with Crippen LogP contribution in [-0.4, -0.2) is 12.1 Å². The van der Waals surface area contributed by atoms with Crippen LogP contribution in [0.5, 0.6) is 0 Å². The first-order valence-electron chi connectivity index (χ1n) is 8.22. The lowest BCUT2D eigenvalue weighted by Crippen LogP contribution is -2.45. The van der Waals surface area contributed by atoms with Gasteiger partial charge in [-0.3, -0.25) is 0 Å². The monoisotopic (exact) mass is 335 g/mol. The van der Waals surface area contributed by atoms with Crippen molar-refractivity contribution in [2.24, 2.45) is 5.92 Å². The predicted octanol–water partition coefficient (Wildman–Crippen LogP) is 5.25. The normalized spacial score (nSPS) is 34.3. The van der Waals surface area contributed by atoms with E-state index in [2.05, 4.69) is 52.4 Å². The van der Waals surface area contributed by atoms with Crippen LogP contribution in [0.15, 0.2) is 28.7 Å². The van der Waals surface area contributed by atoms with Gasteiger partial charge in [-0.1, -0.05) is 47.8 Å². The summed E-state index contributed by atoms with van der Waals surface area (Å²) in [5.74, 6) is 1.73. The highest BCUT2D eigenvalue weighted by Crippen LogP contribution is 2.38. The molecule has 3 rings (SSSR count). The van der Waals surface area contributed by atoms with E-state index in [4.69, 9.17) is 0 Å². The molecule has 2 aliphatic carbocycles. The van der Waals surface area contributed by atoms with Crippen molar-refractivity contribution in [3.63, 3.8) is 0 Å². The van der Waals surface area contributed by atoms with E-state index in [1.54, 1.807) is 0 Å². The topological polar surface area (TPSA) is 12.0 Å². The molecule has 0 heterocycles. The van der Waals surface area contributed by atoms with Gasteiger partial charge in [-0.05, 0) is 61.6 Å². The summed E-state index contributed by atoms with van der Waals surface area (Å²) < 4.78 is 1.18. The molecule has 2 saturated carbocycles. The van der Waals surface area contributed by atoms with Crippen molar-refractivity contribution in [2.45, 2.75) is 69.9 Å². The minimum atomic E-state index is 0.766. The maximum atomic E-state index is 3.92. The standard InChI is InChI=1S/C18H26BrN/c1-13-3-2-4-17(10-5-13)20-18-11-15(12-18)14-6-8-16(19)9-7-14/h6-9,13,15,17-18,20H,2-5,10-12H2,1H3. The zero-order valence-electron chi connectivity index (χ0n) is 12.4. The number of halogens is 1. The first kappa shape index (κ1) is 14.6. The molecular formula is C18H26BrN. The highest BCUT2D eigenvalue weighted by molar-refractivity contribution is 9.10. The zero-order chi connectivity index (χ0) is 13.9. The van der Waals surface area contributed by atoms with Gasteiger partial charge in [0.05, 0.1) is 0 Å². The van der Waals surface area contributed by atoms with Gasteiger partial charge >= 0.3 is 0 Å². The van der Waals surface area contributed by atoms with Gasteiger partial charge in [0.25, 0.3) is 0 Å². The Morgan fingerprint density at radius 1 is 0.950 bits per heavy atom. The Hall–Kier alpha value is -0.340. The van der Waals surface area contributed by atoms with E-state index < -0.39 is 0 Å². The summed E-state index contributed by atoms with van der Waals surface area (Å²) in [7, 11) is 0. The maximum absolute atomic E-state index is 3.92. The van der Waals surface area contributed by atoms with Crippen LogP contribution in [0.4, 0.5) is 0 Å². The second-order valence-corrected chi connectivity index (χ2v) is 7.81. The number of rotatable bonds is 3. The Morgan fingerprint density at radius 2 is 1.70 bits per heavy atom. The van der Waals surface area contributed by atoms with E-state index >= 15 is 0 Å². The third kappa shape index (κ3) is 3.65. The number of nitrogens with one attached hydrogen (secondary N) is 1. The van der Waals surface area contributed by atoms with Crippen LogP contribution in [0.1, 0.15) is 63.4 Å². The van der Waals surface area contributed by atoms with Crippen molar-refractivity contribution in [1.29, 1.82) is 0 Å². The lowest BCUT2D eigenvalue weighted by Gasteiger charge is -2.39. The van der Waals surface area contributed by atoms with E-state index in [-0.39, 0.29) is 0 Å². The molecule has 0 saturated heterocycles. The fourth-order valence-corrected chi connectivity index (χ4v) is 4.01. The van der Waals surface area contributed by atoms with Crippen molar-refractivity contribution < 1.29 is 0 Å². The van der Waals surface area contributed by atoms with Crippen LogP contribution in [0.2, 0.25) is 0 Å². The molecule has 2 atom stereocenters. The molecule has 0 bridgehead atoms. The summed E-state index contributed by atoms with van der Waals surface area (Å²) in [4.78, 5) is 0. The third-order valence-electron chi connectivity index (χ3n) is 5.21. The third-order valence-corrected chi connectivity index (χ3v) is 5.74. The SMILES string of the molecule is CC1CCCC(NC2CC(c3ccc(Br)cc3)C2)CC1. The second kappa shape index (κ2) is 6.62. The van der Waals surface area contributed by atoms with Crippen LogP contribution in [0, 0.1) is 5.92 Å². The molecule has 1 N–H and O–H groups in total. The molecule has 1 aromatic rings. The molecule has 0 amide bonds. The van der Waals surface area contributed by atoms with Gasteiger partial charge in [-0.2, -0.15) is 0 Å². The summed E-state index contributed by atoms with van der Waals surface area (Å²) in [5.41, 5.74) is 1.51. The zero-order valence-corrected chi connectivity index (χ0v) is 14.0. The minimum Gasteiger partial charge on any atom is -0.311 e. The molecule has 2 fully saturated rings. The minimum absolute atomic E-state index is 0.766. The van der Waals surface area contributed by atoms with E-state index in [0.29, 0.717) is 0 Å². The molecule has 0 radical (unpaired) electrons. The quantitative estimate of drug-likeness (QED) is 0.743. The Morgan fingerprint density at radius 3 is 2.45 bits per heavy atom. The molecule has 0 spiro atoms. The molecule has 0 aliphatic heterocycles. The van der Waals surface area contributed by atoms with Gasteiger partial charge in [0.15, 0.2) is 0 Å². The van der Waals surface area contributed by atoms with Gasteiger partial charge in [0.1, 0.15) is 0 Å². The molecular weight excluding hydrogens is 310 g/mol. The lowest BCUT2D eigenvalue weighted by molar-refractivity contribution is 0.254. The van der Waals surface area contributed by atoms with Crippen molar-refractivity contribution in [3.05, 3.63) is 34.3 Å². The molecule has 1 aromatic carbocycles. The summed E-state index contributed by atoms with van der Waals surface area (Å²) in [6.07, 6.45) is 9.71. The van der Waals surface area contributed by atoms with E-state index in [1.165, 1.54) is 55.0 Å². The van der Waals surface area contributed by atoms with Crippen LogP contribution in [0.3, 0.4) is 0 Å². The number of hydrogen-bond acceptors (Lipinski definition) is 1. The van der Waals surface area contributed by atoms with Crippen molar-refractivity contribution in [2.75, 3.05) is 0 Å². The first-order valence-corrected chi connectivity index (χ1v) is 9.01. The highest BCUT2D eigenvalue weighted by Gasteiger charge is 2.31. The summed E-state index contributed by atoms with van der Waals surface area (Å²) in [6.45, 7) is 2.41. The molecule has 2 aliphatic rings. The Kier molecular flexibility index (Phi) is 4.83. The second-order valence-electron chi connectivity index (χ2n) is 6.89. The highest BCUT2D eigenvalue weighted by atomic mass is 79.9. The van der Waals surface area contributed by atoms with Crippen LogP contribution in [0.25, 0.3) is 0 Å². The first-order chi connectivity index (χ1) is 9.70. The number of benzene rings is 1. The Labute approximate surface area is 131 Å². The van der Waals surface area contributed by atoms with E-state index in [1.807, 2.05) is 0 Å². The van der Waals surface area contributed by atoms with Crippen LogP contribution in [-0.2, 0) is 0 Å². The molecule has 1 nitrogen and oxygen atoms in total. The predicted molar refractivity (Wildman–Crippen MR) is 89.1 cm³/mol. The maximum Gasteiger partial charge on any atom is 0.0175 e. The van der Waals surface area contributed by atoms with E-state index in [0.717, 1.165) is 23.9 Å². The van der Waals surface area contributed by atoms with Gasteiger partial charge in [0, 0.05) is 16.6 Å².